The summed E-state index contributed by atoms with van der Waals surface area (Å²) in [6.45, 7) is 0. The van der Waals surface area contributed by atoms with Gasteiger partial charge in [0.15, 0.2) is 0 Å². The number of ether oxygens (including phenoxy) is 1. The maximum Gasteiger partial charge on any atom is 0.126 e. The molecule has 0 bridgehead atoms. The molecule has 1 aliphatic heterocycles. The topological polar surface area (TPSA) is 53.9 Å². The molecule has 0 aliphatic carbocycles. The molecule has 3 aromatic rings. The number of aromatic hydroxyl groups is 1. The van der Waals surface area contributed by atoms with E-state index in [1.807, 2.05) is 36.4 Å². The molecule has 0 saturated carbocycles. The van der Waals surface area contributed by atoms with Crippen molar-refractivity contribution in [1.82, 2.24) is 5.43 Å². The fraction of sp³-hybridized carbons (Fsp3) is 0.150. The predicted octanol–water partition coefficient (Wildman–Crippen LogP) is 3.99. The molecule has 0 radical (unpaired) electrons. The van der Waals surface area contributed by atoms with Crippen LogP contribution >= 0.6 is 0 Å². The Kier molecular flexibility index (Phi) is 3.58. The van der Waals surface area contributed by atoms with E-state index in [1.54, 1.807) is 13.2 Å². The molecule has 1 unspecified atom stereocenters. The number of fused-ring (bicyclic) bond motifs is 1. The van der Waals surface area contributed by atoms with E-state index < -0.39 is 0 Å². The van der Waals surface area contributed by atoms with Crippen LogP contribution in [0.25, 0.3) is 10.8 Å². The number of hydrogen-bond acceptors (Lipinski definition) is 4. The van der Waals surface area contributed by atoms with Crippen molar-refractivity contribution in [3.8, 4) is 11.5 Å². The van der Waals surface area contributed by atoms with Crippen LogP contribution in [0.15, 0.2) is 65.8 Å². The van der Waals surface area contributed by atoms with Gasteiger partial charge in [-0.05, 0) is 29.1 Å². The molecule has 2 N–H and O–H groups in total. The van der Waals surface area contributed by atoms with Gasteiger partial charge in [-0.15, -0.1) is 0 Å². The van der Waals surface area contributed by atoms with E-state index in [1.165, 1.54) is 5.56 Å². The highest BCUT2D eigenvalue weighted by atomic mass is 16.5. The summed E-state index contributed by atoms with van der Waals surface area (Å²) in [6.07, 6.45) is 0.730. The number of hydrazone groups is 1. The Morgan fingerprint density at radius 2 is 1.75 bits per heavy atom. The Balaban J connectivity index is 1.70. The van der Waals surface area contributed by atoms with Crippen LogP contribution in [0.5, 0.6) is 11.5 Å². The van der Waals surface area contributed by atoms with Crippen molar-refractivity contribution in [2.45, 2.75) is 12.5 Å². The van der Waals surface area contributed by atoms with Gasteiger partial charge in [0, 0.05) is 17.4 Å². The summed E-state index contributed by atoms with van der Waals surface area (Å²) < 4.78 is 5.47. The van der Waals surface area contributed by atoms with Crippen molar-refractivity contribution in [1.29, 1.82) is 0 Å². The molecule has 0 spiro atoms. The second-order valence-electron chi connectivity index (χ2n) is 5.86. The molecule has 4 rings (SSSR count). The number of rotatable bonds is 3. The zero-order valence-electron chi connectivity index (χ0n) is 13.4. The lowest BCUT2D eigenvalue weighted by Crippen LogP contribution is -2.10. The number of methoxy groups -OCH3 is 1. The van der Waals surface area contributed by atoms with Gasteiger partial charge in [-0.1, -0.05) is 42.5 Å². The molecular weight excluding hydrogens is 300 g/mol. The van der Waals surface area contributed by atoms with E-state index in [-0.39, 0.29) is 11.8 Å². The lowest BCUT2D eigenvalue weighted by atomic mass is 9.94. The third-order valence-corrected chi connectivity index (χ3v) is 4.48. The molecule has 4 heteroatoms. The van der Waals surface area contributed by atoms with Crippen LogP contribution in [0.1, 0.15) is 23.6 Å². The number of nitrogens with one attached hydrogen (secondary N) is 1. The molecule has 1 aliphatic rings. The van der Waals surface area contributed by atoms with Crippen molar-refractivity contribution < 1.29 is 9.84 Å². The van der Waals surface area contributed by atoms with Gasteiger partial charge >= 0.3 is 0 Å². The van der Waals surface area contributed by atoms with Gasteiger partial charge in [-0.25, -0.2) is 0 Å². The molecule has 0 fully saturated rings. The summed E-state index contributed by atoms with van der Waals surface area (Å²) in [4.78, 5) is 0. The second-order valence-corrected chi connectivity index (χ2v) is 5.86. The Morgan fingerprint density at radius 1 is 1.00 bits per heavy atom. The van der Waals surface area contributed by atoms with Crippen LogP contribution in [-0.2, 0) is 0 Å². The molecule has 1 heterocycles. The molecule has 3 aromatic carbocycles. The van der Waals surface area contributed by atoms with Crippen molar-refractivity contribution in [2.24, 2.45) is 5.10 Å². The summed E-state index contributed by atoms with van der Waals surface area (Å²) >= 11 is 0. The van der Waals surface area contributed by atoms with Gasteiger partial charge in [0.2, 0.25) is 0 Å². The highest BCUT2D eigenvalue weighted by Gasteiger charge is 2.24. The standard InChI is InChI=1S/C20H18N2O2/c1-24-20-11-10-14(13-6-2-3-7-15(13)20)17-12-18(22-21-17)16-8-4-5-9-19(16)23/h2-11,17,21,23H,12H2,1H3. The molecule has 4 nitrogen and oxygen atoms in total. The smallest absolute Gasteiger partial charge is 0.126 e. The first kappa shape index (κ1) is 14.6. The summed E-state index contributed by atoms with van der Waals surface area (Å²) in [5.41, 5.74) is 6.05. The minimum absolute atomic E-state index is 0.0791. The molecule has 1 atom stereocenters. The van der Waals surface area contributed by atoms with Gasteiger partial charge in [-0.2, -0.15) is 5.10 Å². The molecule has 0 amide bonds. The van der Waals surface area contributed by atoms with E-state index in [0.717, 1.165) is 34.2 Å². The van der Waals surface area contributed by atoms with E-state index in [0.29, 0.717) is 0 Å². The van der Waals surface area contributed by atoms with E-state index in [2.05, 4.69) is 28.7 Å². The van der Waals surface area contributed by atoms with Crippen LogP contribution in [0.3, 0.4) is 0 Å². The predicted molar refractivity (Wildman–Crippen MR) is 95.6 cm³/mol. The fourth-order valence-corrected chi connectivity index (χ4v) is 3.28. The number of para-hydroxylation sites is 1. The monoisotopic (exact) mass is 318 g/mol. The number of benzene rings is 3. The second kappa shape index (κ2) is 5.89. The van der Waals surface area contributed by atoms with E-state index in [9.17, 15) is 5.11 Å². The Morgan fingerprint density at radius 3 is 2.54 bits per heavy atom. The molecular formula is C20H18N2O2. The average molecular weight is 318 g/mol. The van der Waals surface area contributed by atoms with E-state index >= 15 is 0 Å². The highest BCUT2D eigenvalue weighted by molar-refractivity contribution is 6.04. The first-order valence-electron chi connectivity index (χ1n) is 7.94. The van der Waals surface area contributed by atoms with Gasteiger partial charge < -0.3 is 15.3 Å². The summed E-state index contributed by atoms with van der Waals surface area (Å²) in [7, 11) is 1.69. The van der Waals surface area contributed by atoms with Gasteiger partial charge in [0.05, 0.1) is 18.9 Å². The third kappa shape index (κ3) is 2.36. The van der Waals surface area contributed by atoms with Crippen LogP contribution in [0.4, 0.5) is 0 Å². The third-order valence-electron chi connectivity index (χ3n) is 4.48. The molecule has 24 heavy (non-hydrogen) atoms. The molecule has 120 valence electrons. The summed E-state index contributed by atoms with van der Waals surface area (Å²) in [5.74, 6) is 1.13. The summed E-state index contributed by atoms with van der Waals surface area (Å²) in [5, 5.41) is 16.7. The van der Waals surface area contributed by atoms with Crippen molar-refractivity contribution in [2.75, 3.05) is 7.11 Å². The first-order valence-corrected chi connectivity index (χ1v) is 7.94. The van der Waals surface area contributed by atoms with Crippen LogP contribution in [0.2, 0.25) is 0 Å². The number of nitrogens with zero attached hydrogens (tertiary/aromatic N) is 1. The lowest BCUT2D eigenvalue weighted by Gasteiger charge is -2.15. The minimum Gasteiger partial charge on any atom is -0.507 e. The number of phenols is 1. The zero-order chi connectivity index (χ0) is 16.5. The Bertz CT molecular complexity index is 934. The minimum atomic E-state index is 0.0791. The normalized spacial score (nSPS) is 16.7. The SMILES string of the molecule is COc1ccc(C2CC(c3ccccc3O)=NN2)c2ccccc12. The number of phenolic OH excluding ortho intramolecular Hbond substituents is 1. The van der Waals surface area contributed by atoms with E-state index in [4.69, 9.17) is 4.74 Å². The van der Waals surface area contributed by atoms with Crippen LogP contribution < -0.4 is 10.2 Å². The average Bonchev–Trinajstić information content (AvgIpc) is 3.10. The largest absolute Gasteiger partial charge is 0.507 e. The van der Waals surface area contributed by atoms with Gasteiger partial charge in [0.25, 0.3) is 0 Å². The molecule has 0 aromatic heterocycles. The number of hydrogen-bond donors (Lipinski definition) is 2. The summed E-state index contributed by atoms with van der Waals surface area (Å²) in [6, 6.07) is 19.7. The quantitative estimate of drug-likeness (QED) is 0.767. The highest BCUT2D eigenvalue weighted by Crippen LogP contribution is 2.35. The van der Waals surface area contributed by atoms with Crippen molar-refractivity contribution >= 4 is 16.5 Å². The molecule has 0 saturated heterocycles. The lowest BCUT2D eigenvalue weighted by molar-refractivity contribution is 0.419. The van der Waals surface area contributed by atoms with Crippen LogP contribution in [0, 0.1) is 0 Å². The van der Waals surface area contributed by atoms with Gasteiger partial charge in [-0.3, -0.25) is 0 Å². The zero-order valence-corrected chi connectivity index (χ0v) is 13.4. The van der Waals surface area contributed by atoms with Crippen molar-refractivity contribution in [3.63, 3.8) is 0 Å². The van der Waals surface area contributed by atoms with Crippen molar-refractivity contribution in [3.05, 3.63) is 71.8 Å². The Hall–Kier alpha value is -3.01. The van der Waals surface area contributed by atoms with Crippen LogP contribution in [-0.4, -0.2) is 17.9 Å². The Labute approximate surface area is 140 Å². The first-order chi connectivity index (χ1) is 11.8. The van der Waals surface area contributed by atoms with Gasteiger partial charge in [0.1, 0.15) is 11.5 Å². The fourth-order valence-electron chi connectivity index (χ4n) is 3.28. The maximum absolute atomic E-state index is 10.0. The maximum atomic E-state index is 10.0.